The molecule has 0 N–H and O–H groups in total. The van der Waals surface area contributed by atoms with Gasteiger partial charge in [0.05, 0.1) is 11.0 Å². The first kappa shape index (κ1) is 20.0. The Bertz CT molecular complexity index is 2370. The third-order valence-corrected chi connectivity index (χ3v) is 8.16. The van der Waals surface area contributed by atoms with Gasteiger partial charge in [0.15, 0.2) is 0 Å². The minimum atomic E-state index is 0.917. The van der Waals surface area contributed by atoms with Gasteiger partial charge < -0.3 is 8.98 Å². The Kier molecular flexibility index (Phi) is 3.82. The Hall–Kier alpha value is -5.08. The molecule has 0 saturated heterocycles. The van der Waals surface area contributed by atoms with Crippen LogP contribution in [0.4, 0.5) is 0 Å². The molecular weight excluding hydrogens is 462 g/mol. The quantitative estimate of drug-likeness (QED) is 0.212. The molecule has 0 spiro atoms. The first-order valence-electron chi connectivity index (χ1n) is 13.0. The zero-order valence-corrected chi connectivity index (χ0v) is 20.5. The van der Waals surface area contributed by atoms with Crippen LogP contribution in [0.25, 0.3) is 81.7 Å². The molecule has 0 aliphatic heterocycles. The van der Waals surface area contributed by atoms with Crippen LogP contribution in [0, 0.1) is 0 Å². The van der Waals surface area contributed by atoms with Gasteiger partial charge in [-0.2, -0.15) is 0 Å². The summed E-state index contributed by atoms with van der Waals surface area (Å²) in [4.78, 5) is 0. The summed E-state index contributed by atoms with van der Waals surface area (Å²) >= 11 is 0. The molecule has 176 valence electrons. The van der Waals surface area contributed by atoms with E-state index in [2.05, 4.69) is 120 Å². The Morgan fingerprint density at radius 1 is 0.342 bits per heavy atom. The van der Waals surface area contributed by atoms with E-state index < -0.39 is 0 Å². The molecule has 9 aromatic rings. The van der Waals surface area contributed by atoms with Crippen LogP contribution >= 0.6 is 0 Å². The number of nitrogens with zero attached hydrogens (tertiary/aromatic N) is 1. The number of hydrogen-bond donors (Lipinski definition) is 0. The molecule has 2 aromatic heterocycles. The maximum atomic E-state index is 6.31. The number of furan rings is 1. The predicted octanol–water partition coefficient (Wildman–Crippen LogP) is 10.1. The first-order chi connectivity index (χ1) is 18.8. The highest BCUT2D eigenvalue weighted by molar-refractivity contribution is 6.26. The molecule has 38 heavy (non-hydrogen) atoms. The lowest BCUT2D eigenvalue weighted by Crippen LogP contribution is -1.94. The van der Waals surface area contributed by atoms with Crippen molar-refractivity contribution in [2.24, 2.45) is 0 Å². The average molecular weight is 484 g/mol. The number of fused-ring (bicyclic) bond motifs is 12. The molecule has 0 radical (unpaired) electrons. The van der Waals surface area contributed by atoms with E-state index in [1.165, 1.54) is 48.6 Å². The number of hydrogen-bond acceptors (Lipinski definition) is 1. The van der Waals surface area contributed by atoms with Crippen LogP contribution < -0.4 is 0 Å². The summed E-state index contributed by atoms with van der Waals surface area (Å²) in [6.45, 7) is 0. The topological polar surface area (TPSA) is 18.1 Å². The van der Waals surface area contributed by atoms with Crippen LogP contribution in [0.1, 0.15) is 0 Å². The second-order valence-electron chi connectivity index (χ2n) is 10.1. The Balaban J connectivity index is 1.43. The second kappa shape index (κ2) is 7.24. The summed E-state index contributed by atoms with van der Waals surface area (Å²) in [5.74, 6) is 0. The molecule has 2 heteroatoms. The van der Waals surface area contributed by atoms with E-state index in [1.54, 1.807) is 0 Å². The summed E-state index contributed by atoms with van der Waals surface area (Å²) in [6.07, 6.45) is 0. The molecule has 0 aliphatic rings. The number of para-hydroxylation sites is 2. The number of rotatable bonds is 1. The van der Waals surface area contributed by atoms with Crippen molar-refractivity contribution in [3.05, 3.63) is 127 Å². The maximum Gasteiger partial charge on any atom is 0.137 e. The average Bonchev–Trinajstić information content (AvgIpc) is 3.51. The molecule has 0 aliphatic carbocycles. The van der Waals surface area contributed by atoms with Crippen molar-refractivity contribution >= 4 is 76.1 Å². The van der Waals surface area contributed by atoms with Crippen LogP contribution in [0.3, 0.4) is 0 Å². The molecule has 0 atom stereocenters. The third-order valence-electron chi connectivity index (χ3n) is 8.16. The van der Waals surface area contributed by atoms with Crippen molar-refractivity contribution < 1.29 is 4.42 Å². The van der Waals surface area contributed by atoms with Crippen LogP contribution in [0.2, 0.25) is 0 Å². The van der Waals surface area contributed by atoms with Crippen molar-refractivity contribution in [2.45, 2.75) is 0 Å². The number of aromatic nitrogens is 1. The summed E-state index contributed by atoms with van der Waals surface area (Å²) in [6, 6.07) is 45.9. The normalized spacial score (nSPS) is 12.2. The minimum absolute atomic E-state index is 0.917. The fourth-order valence-electron chi connectivity index (χ4n) is 6.50. The van der Waals surface area contributed by atoms with Gasteiger partial charge in [0, 0.05) is 33.3 Å². The summed E-state index contributed by atoms with van der Waals surface area (Å²) in [7, 11) is 0. The van der Waals surface area contributed by atoms with Gasteiger partial charge in [-0.25, -0.2) is 0 Å². The standard InChI is InChI=1S/C36H21NO/c1-2-11-25-23(9-1)24-10-3-4-12-26(24)30-19-22(17-18-27(25)30)37-33-15-7-5-13-28(33)31-20-32-29-14-6-8-16-35(29)38-36(32)21-34(31)37/h1-21H. The highest BCUT2D eigenvalue weighted by Crippen LogP contribution is 2.40. The molecule has 0 saturated carbocycles. The van der Waals surface area contributed by atoms with Crippen molar-refractivity contribution in [3.63, 3.8) is 0 Å². The lowest BCUT2D eigenvalue weighted by Gasteiger charge is -2.13. The predicted molar refractivity (Wildman–Crippen MR) is 161 cm³/mol. The lowest BCUT2D eigenvalue weighted by molar-refractivity contribution is 0.669. The van der Waals surface area contributed by atoms with Gasteiger partial charge in [-0.05, 0) is 62.6 Å². The summed E-state index contributed by atoms with van der Waals surface area (Å²) in [5.41, 5.74) is 5.35. The van der Waals surface area contributed by atoms with Crippen LogP contribution in [-0.4, -0.2) is 4.57 Å². The van der Waals surface area contributed by atoms with E-state index in [9.17, 15) is 0 Å². The largest absolute Gasteiger partial charge is 0.456 e. The van der Waals surface area contributed by atoms with Crippen LogP contribution in [0.15, 0.2) is 132 Å². The lowest BCUT2D eigenvalue weighted by atomic mass is 9.94. The van der Waals surface area contributed by atoms with Gasteiger partial charge in [0.1, 0.15) is 11.2 Å². The highest BCUT2D eigenvalue weighted by Gasteiger charge is 2.17. The SMILES string of the molecule is c1ccc2c(c1)oc1cc3c(cc12)c1ccccc1n3-c1ccc2c3ccccc3c3ccccc3c2c1. The summed E-state index contributed by atoms with van der Waals surface area (Å²) in [5, 5.41) is 12.5. The van der Waals surface area contributed by atoms with E-state index in [0.29, 0.717) is 0 Å². The Morgan fingerprint density at radius 3 is 1.66 bits per heavy atom. The van der Waals surface area contributed by atoms with Gasteiger partial charge >= 0.3 is 0 Å². The van der Waals surface area contributed by atoms with E-state index >= 15 is 0 Å². The van der Waals surface area contributed by atoms with Gasteiger partial charge in [-0.3, -0.25) is 0 Å². The fourth-order valence-corrected chi connectivity index (χ4v) is 6.50. The smallest absolute Gasteiger partial charge is 0.137 e. The van der Waals surface area contributed by atoms with E-state index in [0.717, 1.165) is 33.1 Å². The van der Waals surface area contributed by atoms with Crippen molar-refractivity contribution in [2.75, 3.05) is 0 Å². The molecule has 7 aromatic carbocycles. The fraction of sp³-hybridized carbons (Fsp3) is 0. The van der Waals surface area contributed by atoms with Gasteiger partial charge in [-0.1, -0.05) is 91.0 Å². The molecule has 0 bridgehead atoms. The minimum Gasteiger partial charge on any atom is -0.456 e. The number of benzene rings is 7. The zero-order valence-electron chi connectivity index (χ0n) is 20.5. The molecule has 0 amide bonds. The summed E-state index contributed by atoms with van der Waals surface area (Å²) < 4.78 is 8.70. The molecule has 2 heterocycles. The molecule has 9 rings (SSSR count). The van der Waals surface area contributed by atoms with Crippen molar-refractivity contribution in [1.29, 1.82) is 0 Å². The molecule has 2 nitrogen and oxygen atoms in total. The second-order valence-corrected chi connectivity index (χ2v) is 10.1. The monoisotopic (exact) mass is 483 g/mol. The maximum absolute atomic E-state index is 6.31. The molecule has 0 unspecified atom stereocenters. The van der Waals surface area contributed by atoms with E-state index in [1.807, 2.05) is 12.1 Å². The van der Waals surface area contributed by atoms with Gasteiger partial charge in [0.25, 0.3) is 0 Å². The van der Waals surface area contributed by atoms with Crippen LogP contribution in [-0.2, 0) is 0 Å². The van der Waals surface area contributed by atoms with E-state index in [4.69, 9.17) is 4.42 Å². The van der Waals surface area contributed by atoms with Crippen LogP contribution in [0.5, 0.6) is 0 Å². The van der Waals surface area contributed by atoms with Gasteiger partial charge in [-0.15, -0.1) is 0 Å². The van der Waals surface area contributed by atoms with Crippen molar-refractivity contribution in [3.8, 4) is 5.69 Å². The first-order valence-corrected chi connectivity index (χ1v) is 13.0. The van der Waals surface area contributed by atoms with E-state index in [-0.39, 0.29) is 0 Å². The van der Waals surface area contributed by atoms with Crippen molar-refractivity contribution in [1.82, 2.24) is 4.57 Å². The molecular formula is C36H21NO. The Morgan fingerprint density at radius 2 is 0.921 bits per heavy atom. The third kappa shape index (κ3) is 2.56. The van der Waals surface area contributed by atoms with Gasteiger partial charge in [0.2, 0.25) is 0 Å². The zero-order chi connectivity index (χ0) is 24.8. The highest BCUT2D eigenvalue weighted by atomic mass is 16.3. The Labute approximate surface area is 217 Å². The molecule has 0 fully saturated rings.